The van der Waals surface area contributed by atoms with Gasteiger partial charge in [0.05, 0.1) is 12.3 Å². The van der Waals surface area contributed by atoms with Crippen LogP contribution in [-0.2, 0) is 0 Å². The molecule has 5 nitrogen and oxygen atoms in total. The molecule has 0 spiro atoms. The third-order valence-corrected chi connectivity index (χ3v) is 4.80. The van der Waals surface area contributed by atoms with Gasteiger partial charge in [-0.2, -0.15) is 0 Å². The minimum atomic E-state index is -1.07. The average Bonchev–Trinajstić information content (AvgIpc) is 2.72. The first-order valence-corrected chi connectivity index (χ1v) is 10.5. The Morgan fingerprint density at radius 2 is 1.43 bits per heavy atom. The number of rotatable bonds is 14. The van der Waals surface area contributed by atoms with E-state index in [-0.39, 0.29) is 5.69 Å². The number of aromatic carboxylic acids is 1. The van der Waals surface area contributed by atoms with Crippen LogP contribution in [0.5, 0.6) is 5.75 Å². The molecule has 0 fully saturated rings. The van der Waals surface area contributed by atoms with E-state index < -0.39 is 5.97 Å². The molecule has 0 bridgehead atoms. The van der Waals surface area contributed by atoms with Gasteiger partial charge in [-0.15, -0.1) is 10.2 Å². The lowest BCUT2D eigenvalue weighted by Crippen LogP contribution is -2.02. The lowest BCUT2D eigenvalue weighted by atomic mass is 10.1. The first-order chi connectivity index (χ1) is 13.7. The predicted molar refractivity (Wildman–Crippen MR) is 112 cm³/mol. The van der Waals surface area contributed by atoms with E-state index in [0.29, 0.717) is 5.69 Å². The quantitative estimate of drug-likeness (QED) is 0.396. The van der Waals surface area contributed by atoms with Crippen molar-refractivity contribution in [3.8, 4) is 17.0 Å². The van der Waals surface area contributed by atoms with Gasteiger partial charge < -0.3 is 9.84 Å². The van der Waals surface area contributed by atoms with E-state index in [1.54, 1.807) is 6.07 Å². The molecular formula is C23H32N2O3. The number of hydrogen-bond donors (Lipinski definition) is 1. The number of hydrogen-bond acceptors (Lipinski definition) is 4. The maximum atomic E-state index is 10.8. The molecule has 0 aliphatic carbocycles. The molecule has 0 atom stereocenters. The van der Waals surface area contributed by atoms with Crippen LogP contribution in [0.1, 0.15) is 81.6 Å². The summed E-state index contributed by atoms with van der Waals surface area (Å²) < 4.78 is 5.81. The van der Waals surface area contributed by atoms with E-state index in [4.69, 9.17) is 9.84 Å². The Hall–Kier alpha value is -2.43. The van der Waals surface area contributed by atoms with E-state index in [1.165, 1.54) is 63.9 Å². The van der Waals surface area contributed by atoms with Crippen molar-refractivity contribution in [1.82, 2.24) is 10.2 Å². The van der Waals surface area contributed by atoms with Crippen molar-refractivity contribution < 1.29 is 14.6 Å². The van der Waals surface area contributed by atoms with Gasteiger partial charge in [0, 0.05) is 5.56 Å². The molecule has 0 saturated heterocycles. The topological polar surface area (TPSA) is 72.3 Å². The molecule has 1 aromatic carbocycles. The molecule has 0 aliphatic rings. The highest BCUT2D eigenvalue weighted by atomic mass is 16.5. The summed E-state index contributed by atoms with van der Waals surface area (Å²) in [6.45, 7) is 3.00. The molecule has 152 valence electrons. The van der Waals surface area contributed by atoms with Gasteiger partial charge in [-0.25, -0.2) is 4.79 Å². The molecule has 1 N–H and O–H groups in total. The minimum Gasteiger partial charge on any atom is -0.494 e. The predicted octanol–water partition coefficient (Wildman–Crippen LogP) is 6.14. The van der Waals surface area contributed by atoms with Crippen LogP contribution in [0.25, 0.3) is 11.3 Å². The van der Waals surface area contributed by atoms with E-state index in [1.807, 2.05) is 24.3 Å². The number of benzene rings is 1. The van der Waals surface area contributed by atoms with Gasteiger partial charge in [0.25, 0.3) is 0 Å². The van der Waals surface area contributed by atoms with Gasteiger partial charge in [-0.3, -0.25) is 0 Å². The zero-order chi connectivity index (χ0) is 20.0. The molecule has 1 heterocycles. The second-order valence-electron chi connectivity index (χ2n) is 7.16. The minimum absolute atomic E-state index is 0.0554. The van der Waals surface area contributed by atoms with Crippen molar-refractivity contribution in [2.75, 3.05) is 6.61 Å². The molecule has 0 radical (unpaired) electrons. The zero-order valence-electron chi connectivity index (χ0n) is 16.9. The van der Waals surface area contributed by atoms with Gasteiger partial charge in [0.15, 0.2) is 5.69 Å². The fourth-order valence-electron chi connectivity index (χ4n) is 3.10. The van der Waals surface area contributed by atoms with E-state index in [9.17, 15) is 4.79 Å². The van der Waals surface area contributed by atoms with Crippen molar-refractivity contribution in [1.29, 1.82) is 0 Å². The SMILES string of the molecule is CCCCCCCCCCCCOc1ccc(-c2ccc(C(=O)O)nn2)cc1. The molecule has 1 aromatic heterocycles. The number of carboxylic acids is 1. The molecular weight excluding hydrogens is 352 g/mol. The number of carboxylic acid groups (broad SMARTS) is 1. The highest BCUT2D eigenvalue weighted by Crippen LogP contribution is 2.20. The fraction of sp³-hybridized carbons (Fsp3) is 0.522. The summed E-state index contributed by atoms with van der Waals surface area (Å²) in [5, 5.41) is 16.5. The Bertz CT molecular complexity index is 684. The molecule has 0 unspecified atom stereocenters. The smallest absolute Gasteiger partial charge is 0.356 e. The summed E-state index contributed by atoms with van der Waals surface area (Å²) >= 11 is 0. The van der Waals surface area contributed by atoms with Crippen molar-refractivity contribution >= 4 is 5.97 Å². The van der Waals surface area contributed by atoms with Crippen LogP contribution < -0.4 is 4.74 Å². The van der Waals surface area contributed by atoms with Gasteiger partial charge in [0.2, 0.25) is 0 Å². The summed E-state index contributed by atoms with van der Waals surface area (Å²) in [5.74, 6) is -0.232. The number of aromatic nitrogens is 2. The van der Waals surface area contributed by atoms with Crippen molar-refractivity contribution in [2.24, 2.45) is 0 Å². The first kappa shape index (κ1) is 21.9. The third kappa shape index (κ3) is 8.07. The molecule has 2 aromatic rings. The summed E-state index contributed by atoms with van der Waals surface area (Å²) in [6.07, 6.45) is 13.2. The molecule has 28 heavy (non-hydrogen) atoms. The molecule has 0 aliphatic heterocycles. The van der Waals surface area contributed by atoms with E-state index in [0.717, 1.165) is 24.3 Å². The summed E-state index contributed by atoms with van der Waals surface area (Å²) in [4.78, 5) is 10.8. The molecule has 0 saturated carbocycles. The Kier molecular flexibility index (Phi) is 10.0. The number of unbranched alkanes of at least 4 members (excludes halogenated alkanes) is 9. The number of ether oxygens (including phenoxy) is 1. The zero-order valence-corrected chi connectivity index (χ0v) is 16.9. The number of carbonyl (C=O) groups is 1. The normalized spacial score (nSPS) is 10.8. The van der Waals surface area contributed by atoms with Crippen LogP contribution >= 0.6 is 0 Å². The van der Waals surface area contributed by atoms with Gasteiger partial charge in [-0.05, 0) is 42.8 Å². The fourth-order valence-corrected chi connectivity index (χ4v) is 3.10. The monoisotopic (exact) mass is 384 g/mol. The highest BCUT2D eigenvalue weighted by molar-refractivity contribution is 5.85. The lowest BCUT2D eigenvalue weighted by molar-refractivity contribution is 0.0689. The second-order valence-corrected chi connectivity index (χ2v) is 7.16. The van der Waals surface area contributed by atoms with Gasteiger partial charge in [-0.1, -0.05) is 64.7 Å². The van der Waals surface area contributed by atoms with Crippen molar-refractivity contribution in [3.05, 3.63) is 42.1 Å². The largest absolute Gasteiger partial charge is 0.494 e. The van der Waals surface area contributed by atoms with Crippen LogP contribution in [-0.4, -0.2) is 27.9 Å². The van der Waals surface area contributed by atoms with Crippen molar-refractivity contribution in [3.63, 3.8) is 0 Å². The van der Waals surface area contributed by atoms with Crippen LogP contribution in [0.15, 0.2) is 36.4 Å². The van der Waals surface area contributed by atoms with Crippen molar-refractivity contribution in [2.45, 2.75) is 71.1 Å². The van der Waals surface area contributed by atoms with Crippen LogP contribution in [0.2, 0.25) is 0 Å². The summed E-state index contributed by atoms with van der Waals surface area (Å²) in [5.41, 5.74) is 1.47. The molecule has 2 rings (SSSR count). The van der Waals surface area contributed by atoms with Gasteiger partial charge >= 0.3 is 5.97 Å². The van der Waals surface area contributed by atoms with Gasteiger partial charge in [0.1, 0.15) is 5.75 Å². The lowest BCUT2D eigenvalue weighted by Gasteiger charge is -2.07. The van der Waals surface area contributed by atoms with E-state index >= 15 is 0 Å². The van der Waals surface area contributed by atoms with Crippen LogP contribution in [0.3, 0.4) is 0 Å². The highest BCUT2D eigenvalue weighted by Gasteiger charge is 2.06. The Morgan fingerprint density at radius 3 is 1.96 bits per heavy atom. The van der Waals surface area contributed by atoms with Crippen LogP contribution in [0.4, 0.5) is 0 Å². The first-order valence-electron chi connectivity index (χ1n) is 10.5. The molecule has 0 amide bonds. The maximum Gasteiger partial charge on any atom is 0.356 e. The Balaban J connectivity index is 1.59. The summed E-state index contributed by atoms with van der Waals surface area (Å²) in [6, 6.07) is 10.8. The summed E-state index contributed by atoms with van der Waals surface area (Å²) in [7, 11) is 0. The maximum absolute atomic E-state index is 10.8. The number of nitrogens with zero attached hydrogens (tertiary/aromatic N) is 2. The second kappa shape index (κ2) is 12.9. The van der Waals surface area contributed by atoms with Crippen LogP contribution in [0, 0.1) is 0 Å². The standard InChI is InChI=1S/C23H32N2O3/c1-2-3-4-5-6-7-8-9-10-11-18-28-20-14-12-19(13-15-20)21-16-17-22(23(26)27)25-24-21/h12-17H,2-11,18H2,1H3,(H,26,27). The Labute approximate surface area is 168 Å². The van der Waals surface area contributed by atoms with E-state index in [2.05, 4.69) is 17.1 Å². The third-order valence-electron chi connectivity index (χ3n) is 4.80. The Morgan fingerprint density at radius 1 is 0.821 bits per heavy atom. The average molecular weight is 385 g/mol. The molecule has 5 heteroatoms.